The first-order chi connectivity index (χ1) is 3.19. The van der Waals surface area contributed by atoms with Gasteiger partial charge in [0.1, 0.15) is 6.10 Å². The highest BCUT2D eigenvalue weighted by atomic mass is 19.2. The SMILES string of the molecule is CC[C@@]1(F)O[C@H]1C. The number of ether oxygens (including phenoxy) is 1. The Labute approximate surface area is 42.5 Å². The average molecular weight is 104 g/mol. The second kappa shape index (κ2) is 1.19. The minimum Gasteiger partial charge on any atom is -0.335 e. The second-order valence-corrected chi connectivity index (χ2v) is 1.90. The predicted molar refractivity (Wildman–Crippen MR) is 24.7 cm³/mol. The predicted octanol–water partition coefficient (Wildman–Crippen LogP) is 1.48. The zero-order valence-electron chi connectivity index (χ0n) is 4.57. The fourth-order valence-corrected chi connectivity index (χ4v) is 0.631. The Balaban J connectivity index is 2.36. The Bertz CT molecular complexity index is 80.1. The van der Waals surface area contributed by atoms with Crippen molar-refractivity contribution in [2.45, 2.75) is 32.2 Å². The van der Waals surface area contributed by atoms with Gasteiger partial charge in [0.15, 0.2) is 0 Å². The summed E-state index contributed by atoms with van der Waals surface area (Å²) in [6, 6.07) is 0. The van der Waals surface area contributed by atoms with E-state index >= 15 is 0 Å². The van der Waals surface area contributed by atoms with Crippen LogP contribution in [0.25, 0.3) is 0 Å². The summed E-state index contributed by atoms with van der Waals surface area (Å²) in [5.74, 6) is -1.25. The minimum atomic E-state index is -1.25. The van der Waals surface area contributed by atoms with Crippen molar-refractivity contribution in [3.05, 3.63) is 0 Å². The van der Waals surface area contributed by atoms with Crippen molar-refractivity contribution >= 4 is 0 Å². The molecule has 0 saturated carbocycles. The lowest BCUT2D eigenvalue weighted by molar-refractivity contribution is 0.136. The molecule has 0 aromatic heterocycles. The van der Waals surface area contributed by atoms with Gasteiger partial charge in [-0.3, -0.25) is 0 Å². The highest BCUT2D eigenvalue weighted by Crippen LogP contribution is 2.40. The number of epoxide rings is 1. The van der Waals surface area contributed by atoms with Gasteiger partial charge in [-0.2, -0.15) is 0 Å². The van der Waals surface area contributed by atoms with Gasteiger partial charge >= 0.3 is 0 Å². The van der Waals surface area contributed by atoms with Crippen LogP contribution in [0.4, 0.5) is 4.39 Å². The quantitative estimate of drug-likeness (QED) is 0.459. The van der Waals surface area contributed by atoms with Crippen LogP contribution >= 0.6 is 0 Å². The molecule has 1 rings (SSSR count). The van der Waals surface area contributed by atoms with Gasteiger partial charge in [0.25, 0.3) is 0 Å². The molecule has 1 aliphatic rings. The largest absolute Gasteiger partial charge is 0.335 e. The molecule has 0 spiro atoms. The van der Waals surface area contributed by atoms with E-state index in [4.69, 9.17) is 0 Å². The van der Waals surface area contributed by atoms with E-state index in [2.05, 4.69) is 4.74 Å². The van der Waals surface area contributed by atoms with Crippen LogP contribution in [0.3, 0.4) is 0 Å². The number of halogens is 1. The summed E-state index contributed by atoms with van der Waals surface area (Å²) in [5, 5.41) is 0. The average Bonchev–Trinajstić information content (AvgIpc) is 2.18. The zero-order chi connectivity index (χ0) is 5.49. The molecule has 0 aliphatic carbocycles. The summed E-state index contributed by atoms with van der Waals surface area (Å²) in [5.41, 5.74) is 0. The van der Waals surface area contributed by atoms with Crippen LogP contribution in [0.2, 0.25) is 0 Å². The Morgan fingerprint density at radius 2 is 2.29 bits per heavy atom. The summed E-state index contributed by atoms with van der Waals surface area (Å²) in [6.45, 7) is 3.52. The second-order valence-electron chi connectivity index (χ2n) is 1.90. The van der Waals surface area contributed by atoms with Crippen LogP contribution in [0, 0.1) is 0 Å². The molecule has 1 heterocycles. The van der Waals surface area contributed by atoms with E-state index in [1.54, 1.807) is 13.8 Å². The molecule has 1 fully saturated rings. The van der Waals surface area contributed by atoms with E-state index in [-0.39, 0.29) is 6.10 Å². The topological polar surface area (TPSA) is 12.5 Å². The van der Waals surface area contributed by atoms with Crippen molar-refractivity contribution in [2.24, 2.45) is 0 Å². The van der Waals surface area contributed by atoms with Crippen molar-refractivity contribution in [1.29, 1.82) is 0 Å². The molecular weight excluding hydrogens is 95.1 g/mol. The van der Waals surface area contributed by atoms with E-state index in [0.717, 1.165) is 0 Å². The third-order valence-electron chi connectivity index (χ3n) is 1.40. The Hall–Kier alpha value is -0.110. The molecule has 0 unspecified atom stereocenters. The van der Waals surface area contributed by atoms with E-state index in [1.807, 2.05) is 0 Å². The van der Waals surface area contributed by atoms with E-state index in [0.29, 0.717) is 6.42 Å². The molecule has 2 heteroatoms. The highest BCUT2D eigenvalue weighted by molar-refractivity contribution is 4.87. The lowest BCUT2D eigenvalue weighted by Gasteiger charge is -1.89. The van der Waals surface area contributed by atoms with Gasteiger partial charge in [0.2, 0.25) is 5.85 Å². The van der Waals surface area contributed by atoms with Crippen LogP contribution in [0.5, 0.6) is 0 Å². The van der Waals surface area contributed by atoms with Crippen LogP contribution in [-0.4, -0.2) is 12.0 Å². The van der Waals surface area contributed by atoms with Crippen LogP contribution in [-0.2, 0) is 4.74 Å². The molecule has 0 bridgehead atoms. The number of alkyl halides is 1. The molecule has 0 N–H and O–H groups in total. The normalized spacial score (nSPS) is 49.3. The number of hydrogen-bond acceptors (Lipinski definition) is 1. The molecule has 1 nitrogen and oxygen atoms in total. The molecule has 1 aliphatic heterocycles. The molecule has 0 radical (unpaired) electrons. The Morgan fingerprint density at radius 3 is 2.29 bits per heavy atom. The Morgan fingerprint density at radius 1 is 1.86 bits per heavy atom. The summed E-state index contributed by atoms with van der Waals surface area (Å²) < 4.78 is 17.0. The fourth-order valence-electron chi connectivity index (χ4n) is 0.631. The molecule has 42 valence electrons. The van der Waals surface area contributed by atoms with Crippen LogP contribution < -0.4 is 0 Å². The van der Waals surface area contributed by atoms with E-state index in [9.17, 15) is 4.39 Å². The van der Waals surface area contributed by atoms with Crippen molar-refractivity contribution in [1.82, 2.24) is 0 Å². The molecular formula is C5H9FO. The molecule has 7 heavy (non-hydrogen) atoms. The molecule has 0 aromatic carbocycles. The first-order valence-electron chi connectivity index (χ1n) is 2.56. The third-order valence-corrected chi connectivity index (χ3v) is 1.40. The van der Waals surface area contributed by atoms with Gasteiger partial charge in [-0.05, 0) is 6.92 Å². The maximum atomic E-state index is 12.4. The van der Waals surface area contributed by atoms with Gasteiger partial charge in [-0.1, -0.05) is 6.92 Å². The van der Waals surface area contributed by atoms with E-state index < -0.39 is 5.85 Å². The first kappa shape index (κ1) is 5.04. The highest BCUT2D eigenvalue weighted by Gasteiger charge is 2.52. The van der Waals surface area contributed by atoms with E-state index in [1.165, 1.54) is 0 Å². The molecule has 1 saturated heterocycles. The standard InChI is InChI=1S/C5H9FO/c1-3-5(6)4(2)7-5/h4H,3H2,1-2H3/t4-,5+/m0/s1. The van der Waals surface area contributed by atoms with Gasteiger partial charge in [0.05, 0.1) is 0 Å². The summed E-state index contributed by atoms with van der Waals surface area (Å²) in [4.78, 5) is 0. The van der Waals surface area contributed by atoms with Gasteiger partial charge < -0.3 is 4.74 Å². The lowest BCUT2D eigenvalue weighted by atomic mass is 10.2. The van der Waals surface area contributed by atoms with Gasteiger partial charge in [0, 0.05) is 6.42 Å². The summed E-state index contributed by atoms with van der Waals surface area (Å²) in [6.07, 6.45) is 0.325. The number of hydrogen-bond donors (Lipinski definition) is 0. The van der Waals surface area contributed by atoms with Crippen molar-refractivity contribution in [3.8, 4) is 0 Å². The van der Waals surface area contributed by atoms with Crippen LogP contribution in [0.1, 0.15) is 20.3 Å². The van der Waals surface area contributed by atoms with Crippen molar-refractivity contribution < 1.29 is 9.13 Å². The van der Waals surface area contributed by atoms with Crippen molar-refractivity contribution in [2.75, 3.05) is 0 Å². The molecule has 2 atom stereocenters. The monoisotopic (exact) mass is 104 g/mol. The zero-order valence-corrected chi connectivity index (χ0v) is 4.57. The third kappa shape index (κ3) is 0.630. The van der Waals surface area contributed by atoms with Gasteiger partial charge in [-0.15, -0.1) is 0 Å². The number of rotatable bonds is 1. The Kier molecular flexibility index (Phi) is 0.854. The summed E-state index contributed by atoms with van der Waals surface area (Å²) in [7, 11) is 0. The van der Waals surface area contributed by atoms with Crippen molar-refractivity contribution in [3.63, 3.8) is 0 Å². The lowest BCUT2D eigenvalue weighted by Crippen LogP contribution is -2.01. The maximum absolute atomic E-state index is 12.4. The fraction of sp³-hybridized carbons (Fsp3) is 1.00. The minimum absolute atomic E-state index is 0.155. The summed E-state index contributed by atoms with van der Waals surface area (Å²) >= 11 is 0. The molecule has 0 amide bonds. The maximum Gasteiger partial charge on any atom is 0.235 e. The molecule has 0 aromatic rings. The smallest absolute Gasteiger partial charge is 0.235 e. The van der Waals surface area contributed by atoms with Gasteiger partial charge in [-0.25, -0.2) is 4.39 Å². The first-order valence-corrected chi connectivity index (χ1v) is 2.56. The van der Waals surface area contributed by atoms with Crippen LogP contribution in [0.15, 0.2) is 0 Å².